The first kappa shape index (κ1) is 16.9. The molecular weight excluding hydrogens is 312 g/mol. The van der Waals surface area contributed by atoms with E-state index < -0.39 is 16.5 Å². The number of nitrogens with one attached hydrogen (secondary N) is 1. The first-order valence-electron chi connectivity index (χ1n) is 7.14. The number of aliphatic hydroxyl groups excluding tert-OH is 1. The van der Waals surface area contributed by atoms with Gasteiger partial charge in [-0.3, -0.25) is 4.99 Å². The topological polar surface area (TPSA) is 70.9 Å². The van der Waals surface area contributed by atoms with Gasteiger partial charge >= 0.3 is 0 Å². The van der Waals surface area contributed by atoms with Crippen molar-refractivity contribution in [3.63, 3.8) is 0 Å². The molecule has 0 saturated heterocycles. The van der Waals surface area contributed by atoms with Crippen molar-refractivity contribution in [1.29, 1.82) is 0 Å². The Hall–Kier alpha value is -0.430. The molecule has 21 heavy (non-hydrogen) atoms. The number of ether oxygens (including phenoxy) is 1. The lowest BCUT2D eigenvalue weighted by atomic mass is 9.85. The average Bonchev–Trinajstić information content (AvgIpc) is 2.77. The van der Waals surface area contributed by atoms with E-state index in [0.29, 0.717) is 24.0 Å². The molecule has 0 aliphatic carbocycles. The fourth-order valence-electron chi connectivity index (χ4n) is 2.47. The number of allylic oxidation sites excluding steroid dienone is 1. The van der Waals surface area contributed by atoms with Gasteiger partial charge in [0.1, 0.15) is 6.61 Å². The summed E-state index contributed by atoms with van der Waals surface area (Å²) in [7, 11) is -1.22. The van der Waals surface area contributed by atoms with Crippen molar-refractivity contribution < 1.29 is 14.1 Å². The minimum Gasteiger partial charge on any atom is -0.488 e. The van der Waals surface area contributed by atoms with E-state index in [0.717, 1.165) is 12.0 Å². The molecule has 0 bridgehead atoms. The van der Waals surface area contributed by atoms with Gasteiger partial charge in [-0.2, -0.15) is 0 Å². The van der Waals surface area contributed by atoms with Gasteiger partial charge in [0.2, 0.25) is 0 Å². The van der Waals surface area contributed by atoms with Crippen molar-refractivity contribution >= 4 is 27.8 Å². The molecule has 0 amide bonds. The second-order valence-electron chi connectivity index (χ2n) is 6.48. The van der Waals surface area contributed by atoms with Gasteiger partial charge in [0.25, 0.3) is 0 Å². The maximum absolute atomic E-state index is 12.5. The van der Waals surface area contributed by atoms with Crippen LogP contribution in [-0.4, -0.2) is 44.0 Å². The van der Waals surface area contributed by atoms with Crippen molar-refractivity contribution in [1.82, 2.24) is 4.72 Å². The van der Waals surface area contributed by atoms with Crippen LogP contribution in [0.4, 0.5) is 0 Å². The smallest absolute Gasteiger partial charge is 0.166 e. The van der Waals surface area contributed by atoms with Crippen LogP contribution in [0.5, 0.6) is 0 Å². The number of aliphatic hydroxyl groups is 1. The molecule has 0 fully saturated rings. The predicted molar refractivity (Wildman–Crippen MR) is 85.8 cm³/mol. The van der Waals surface area contributed by atoms with Crippen LogP contribution in [0.2, 0.25) is 0 Å². The zero-order chi connectivity index (χ0) is 15.8. The molecule has 3 unspecified atom stereocenters. The third-order valence-electron chi connectivity index (χ3n) is 3.90. The summed E-state index contributed by atoms with van der Waals surface area (Å²) in [5.41, 5.74) is 0.471. The van der Waals surface area contributed by atoms with Crippen LogP contribution in [0.1, 0.15) is 40.5 Å². The summed E-state index contributed by atoms with van der Waals surface area (Å²) in [5.74, 6) is 0.585. The number of halogens is 1. The third kappa shape index (κ3) is 3.18. The van der Waals surface area contributed by atoms with Crippen molar-refractivity contribution in [2.45, 2.75) is 56.9 Å². The molecule has 2 N–H and O–H groups in total. The number of hydrogen-bond acceptors (Lipinski definition) is 4. The lowest BCUT2D eigenvalue weighted by Gasteiger charge is -2.34. The molecule has 3 atom stereocenters. The monoisotopic (exact) mass is 334 g/mol. The molecule has 2 rings (SSSR count). The Morgan fingerprint density at radius 1 is 1.57 bits per heavy atom. The van der Waals surface area contributed by atoms with E-state index in [1.165, 1.54) is 0 Å². The van der Waals surface area contributed by atoms with E-state index in [1.807, 2.05) is 27.7 Å². The molecule has 2 aliphatic rings. The van der Waals surface area contributed by atoms with Gasteiger partial charge in [0.05, 0.1) is 33.9 Å². The lowest BCUT2D eigenvalue weighted by molar-refractivity contribution is 0.206. The summed E-state index contributed by atoms with van der Waals surface area (Å²) in [6, 6.07) is -0.256. The van der Waals surface area contributed by atoms with Crippen LogP contribution in [-0.2, 0) is 15.7 Å². The van der Waals surface area contributed by atoms with E-state index >= 15 is 0 Å². The highest BCUT2D eigenvalue weighted by molar-refractivity contribution is 7.84. The van der Waals surface area contributed by atoms with Crippen LogP contribution in [0.3, 0.4) is 0 Å². The van der Waals surface area contributed by atoms with E-state index in [-0.39, 0.29) is 17.4 Å². The second kappa shape index (κ2) is 5.99. The van der Waals surface area contributed by atoms with E-state index in [1.54, 1.807) is 0 Å². The number of rotatable bonds is 4. The fraction of sp³-hybridized carbons (Fsp3) is 0.786. The largest absolute Gasteiger partial charge is 0.488 e. The standard InChI is InChI=1S/C14H23ClN2O3S/c1-5-14(17-21(19)13(2,3)4)8-20-11-10(14)6-9(7-18)16-12(11)15/h9,17-18H,5-8H2,1-4H3. The summed E-state index contributed by atoms with van der Waals surface area (Å²) in [4.78, 5) is 4.22. The van der Waals surface area contributed by atoms with Gasteiger partial charge < -0.3 is 9.84 Å². The van der Waals surface area contributed by atoms with Crippen molar-refractivity contribution in [2.75, 3.05) is 13.2 Å². The Bertz CT molecular complexity index is 513. The summed E-state index contributed by atoms with van der Waals surface area (Å²) in [5, 5.41) is 9.67. The SMILES string of the molecule is CCC1(NS(=O)C(C)(C)C)COC2=C1CC(CO)N=C2Cl. The highest BCUT2D eigenvalue weighted by Crippen LogP contribution is 2.40. The molecule has 0 spiro atoms. The Balaban J connectivity index is 2.33. The Labute approximate surface area is 133 Å². The molecule has 7 heteroatoms. The van der Waals surface area contributed by atoms with Gasteiger partial charge in [0.15, 0.2) is 10.9 Å². The fourth-order valence-corrected chi connectivity index (χ4v) is 3.77. The number of hydrogen-bond donors (Lipinski definition) is 2. The van der Waals surface area contributed by atoms with E-state index in [4.69, 9.17) is 16.3 Å². The van der Waals surface area contributed by atoms with Gasteiger partial charge in [-0.15, -0.1) is 0 Å². The van der Waals surface area contributed by atoms with Gasteiger partial charge in [-0.05, 0) is 33.6 Å². The number of dihydropyridines is 1. The first-order valence-corrected chi connectivity index (χ1v) is 8.67. The highest BCUT2D eigenvalue weighted by Gasteiger charge is 2.46. The summed E-state index contributed by atoms with van der Waals surface area (Å²) in [6.07, 6.45) is 1.31. The predicted octanol–water partition coefficient (Wildman–Crippen LogP) is 1.87. The van der Waals surface area contributed by atoms with Crippen LogP contribution < -0.4 is 4.72 Å². The van der Waals surface area contributed by atoms with Crippen LogP contribution in [0, 0.1) is 0 Å². The first-order chi connectivity index (χ1) is 9.73. The van der Waals surface area contributed by atoms with E-state index in [2.05, 4.69) is 9.71 Å². The molecule has 0 aromatic rings. The molecular formula is C14H23ClN2O3S. The van der Waals surface area contributed by atoms with E-state index in [9.17, 15) is 9.32 Å². The Morgan fingerprint density at radius 2 is 2.24 bits per heavy atom. The van der Waals surface area contributed by atoms with Gasteiger partial charge in [0, 0.05) is 5.57 Å². The summed E-state index contributed by atoms with van der Waals surface area (Å²) < 4.78 is 21.1. The third-order valence-corrected chi connectivity index (χ3v) is 5.85. The lowest BCUT2D eigenvalue weighted by Crippen LogP contribution is -2.52. The molecule has 0 radical (unpaired) electrons. The number of aliphatic imine (C=N–C) groups is 1. The minimum atomic E-state index is -1.22. The Kier molecular flexibility index (Phi) is 4.83. The number of nitrogens with zero attached hydrogens (tertiary/aromatic N) is 1. The molecule has 5 nitrogen and oxygen atoms in total. The molecule has 2 aliphatic heterocycles. The Morgan fingerprint density at radius 3 is 2.76 bits per heavy atom. The molecule has 2 heterocycles. The molecule has 0 saturated carbocycles. The summed E-state index contributed by atoms with van der Waals surface area (Å²) in [6.45, 7) is 8.14. The van der Waals surface area contributed by atoms with Crippen LogP contribution >= 0.6 is 11.6 Å². The van der Waals surface area contributed by atoms with Crippen molar-refractivity contribution in [3.8, 4) is 0 Å². The molecule has 0 aromatic heterocycles. The zero-order valence-corrected chi connectivity index (χ0v) is 14.5. The molecule has 120 valence electrons. The normalized spacial score (nSPS) is 30.8. The maximum atomic E-state index is 12.5. The van der Waals surface area contributed by atoms with Gasteiger partial charge in [-0.25, -0.2) is 8.93 Å². The maximum Gasteiger partial charge on any atom is 0.166 e. The quantitative estimate of drug-likeness (QED) is 0.824. The minimum absolute atomic E-state index is 0.0604. The highest BCUT2D eigenvalue weighted by atomic mass is 35.5. The average molecular weight is 335 g/mol. The zero-order valence-electron chi connectivity index (χ0n) is 12.9. The van der Waals surface area contributed by atoms with Crippen LogP contribution in [0.15, 0.2) is 16.3 Å². The summed E-state index contributed by atoms with van der Waals surface area (Å²) >= 11 is 6.15. The second-order valence-corrected chi connectivity index (χ2v) is 8.80. The van der Waals surface area contributed by atoms with Crippen molar-refractivity contribution in [3.05, 3.63) is 11.3 Å². The van der Waals surface area contributed by atoms with Gasteiger partial charge in [-0.1, -0.05) is 18.5 Å². The van der Waals surface area contributed by atoms with Crippen LogP contribution in [0.25, 0.3) is 0 Å². The van der Waals surface area contributed by atoms with Crippen molar-refractivity contribution in [2.24, 2.45) is 4.99 Å². The molecule has 0 aromatic carbocycles.